The van der Waals surface area contributed by atoms with Gasteiger partial charge in [-0.25, -0.2) is 9.97 Å². The highest BCUT2D eigenvalue weighted by Gasteiger charge is 2.58. The van der Waals surface area contributed by atoms with Gasteiger partial charge in [-0.3, -0.25) is 0 Å². The predicted octanol–water partition coefficient (Wildman–Crippen LogP) is 3.62. The highest BCUT2D eigenvalue weighted by molar-refractivity contribution is 5.64. The Labute approximate surface area is 154 Å². The van der Waals surface area contributed by atoms with E-state index in [4.69, 9.17) is 5.73 Å². The molecule has 1 atom stereocenters. The Kier molecular flexibility index (Phi) is 3.92. The first kappa shape index (κ1) is 18.1. The highest BCUT2D eigenvalue weighted by Crippen LogP contribution is 2.63. The van der Waals surface area contributed by atoms with Crippen LogP contribution in [0.4, 0.5) is 19.0 Å². The van der Waals surface area contributed by atoms with Crippen molar-refractivity contribution in [2.75, 3.05) is 5.73 Å². The van der Waals surface area contributed by atoms with Crippen molar-refractivity contribution in [3.8, 4) is 17.0 Å². The van der Waals surface area contributed by atoms with Crippen LogP contribution in [0.15, 0.2) is 18.5 Å². The molecule has 3 fully saturated rings. The van der Waals surface area contributed by atoms with E-state index in [1.165, 1.54) is 12.3 Å². The van der Waals surface area contributed by atoms with E-state index in [0.29, 0.717) is 17.1 Å². The minimum absolute atomic E-state index is 0.0202. The van der Waals surface area contributed by atoms with Crippen molar-refractivity contribution >= 4 is 5.82 Å². The number of halogens is 3. The Morgan fingerprint density at radius 2 is 2.00 bits per heavy atom. The number of nitrogen functional groups attached to an aromatic ring is 1. The van der Waals surface area contributed by atoms with Crippen molar-refractivity contribution in [2.45, 2.75) is 51.1 Å². The average Bonchev–Trinajstić information content (AvgIpc) is 2.89. The molecule has 5 rings (SSSR count). The number of hydrogen-bond donors (Lipinski definition) is 2. The number of anilines is 1. The van der Waals surface area contributed by atoms with Crippen LogP contribution in [0, 0.1) is 11.8 Å². The van der Waals surface area contributed by atoms with Gasteiger partial charge in [0.2, 0.25) is 0 Å². The number of nitrogens with zero attached hydrogens (tertiary/aromatic N) is 3. The largest absolute Gasteiger partial charge is 0.573 e. The number of ether oxygens (including phenoxy) is 1. The van der Waals surface area contributed by atoms with Crippen LogP contribution in [0.5, 0.6) is 5.75 Å². The lowest BCUT2D eigenvalue weighted by molar-refractivity contribution is -0.274. The molecular formula is C18H21F3N4O2. The van der Waals surface area contributed by atoms with E-state index in [1.807, 2.05) is 18.4 Å². The molecule has 2 aromatic heterocycles. The number of imidazole rings is 1. The predicted molar refractivity (Wildman–Crippen MR) is 91.7 cm³/mol. The monoisotopic (exact) mass is 382 g/mol. The van der Waals surface area contributed by atoms with E-state index < -0.39 is 18.2 Å². The van der Waals surface area contributed by atoms with Crippen LogP contribution in [0.2, 0.25) is 0 Å². The van der Waals surface area contributed by atoms with Gasteiger partial charge in [0.15, 0.2) is 11.6 Å². The summed E-state index contributed by atoms with van der Waals surface area (Å²) in [5, 5.41) is 10.6. The van der Waals surface area contributed by atoms with Gasteiger partial charge in [0.05, 0.1) is 5.69 Å². The van der Waals surface area contributed by atoms with Gasteiger partial charge < -0.3 is 20.1 Å². The van der Waals surface area contributed by atoms with E-state index >= 15 is 0 Å². The SMILES string of the molecule is CC(C)C(O)c1nc(-c2cnc(N)c(OC(F)(F)F)c2)cn1C12CC(C1)C2. The molecule has 0 spiro atoms. The second-order valence-corrected chi connectivity index (χ2v) is 7.90. The van der Waals surface area contributed by atoms with Gasteiger partial charge in [-0.15, -0.1) is 13.2 Å². The number of hydrogen-bond acceptors (Lipinski definition) is 5. The van der Waals surface area contributed by atoms with Crippen LogP contribution in [0.3, 0.4) is 0 Å². The third kappa shape index (κ3) is 3.03. The minimum atomic E-state index is -4.86. The Morgan fingerprint density at radius 1 is 1.33 bits per heavy atom. The molecule has 1 unspecified atom stereocenters. The van der Waals surface area contributed by atoms with Crippen molar-refractivity contribution in [3.63, 3.8) is 0 Å². The zero-order valence-corrected chi connectivity index (χ0v) is 15.0. The first-order chi connectivity index (χ1) is 12.6. The zero-order chi connectivity index (χ0) is 19.6. The molecule has 3 saturated carbocycles. The fourth-order valence-corrected chi connectivity index (χ4v) is 3.95. The van der Waals surface area contributed by atoms with Gasteiger partial charge in [-0.1, -0.05) is 13.8 Å². The van der Waals surface area contributed by atoms with Crippen molar-refractivity contribution in [3.05, 3.63) is 24.3 Å². The van der Waals surface area contributed by atoms with Gasteiger partial charge in [0.25, 0.3) is 0 Å². The van der Waals surface area contributed by atoms with Crippen LogP contribution in [0.1, 0.15) is 45.0 Å². The lowest BCUT2D eigenvalue weighted by atomic mass is 9.49. The molecule has 146 valence electrons. The molecule has 3 aliphatic rings. The van der Waals surface area contributed by atoms with E-state index in [2.05, 4.69) is 14.7 Å². The number of aliphatic hydroxyl groups excluding tert-OH is 1. The Hall–Kier alpha value is -2.29. The van der Waals surface area contributed by atoms with E-state index in [9.17, 15) is 18.3 Å². The lowest BCUT2D eigenvalue weighted by Crippen LogP contribution is -2.59. The third-order valence-electron chi connectivity index (χ3n) is 5.55. The summed E-state index contributed by atoms with van der Waals surface area (Å²) in [6.45, 7) is 3.79. The maximum absolute atomic E-state index is 12.6. The van der Waals surface area contributed by atoms with Crippen molar-refractivity contribution < 1.29 is 23.0 Å². The number of aromatic nitrogens is 3. The number of aliphatic hydroxyl groups is 1. The fraction of sp³-hybridized carbons (Fsp3) is 0.556. The smallest absolute Gasteiger partial charge is 0.402 e. The average molecular weight is 382 g/mol. The molecule has 0 aromatic carbocycles. The fourth-order valence-electron chi connectivity index (χ4n) is 3.95. The summed E-state index contributed by atoms with van der Waals surface area (Å²) in [4.78, 5) is 8.34. The summed E-state index contributed by atoms with van der Waals surface area (Å²) in [6.07, 6.45) is 0.661. The normalized spacial score (nSPS) is 25.1. The van der Waals surface area contributed by atoms with Crippen LogP contribution < -0.4 is 10.5 Å². The van der Waals surface area contributed by atoms with E-state index in [-0.39, 0.29) is 17.3 Å². The van der Waals surface area contributed by atoms with Crippen LogP contribution in [-0.4, -0.2) is 26.0 Å². The molecule has 0 radical (unpaired) electrons. The number of alkyl halides is 3. The van der Waals surface area contributed by atoms with Crippen LogP contribution >= 0.6 is 0 Å². The quantitative estimate of drug-likeness (QED) is 0.825. The molecule has 0 amide bonds. The van der Waals surface area contributed by atoms with Crippen molar-refractivity contribution in [2.24, 2.45) is 11.8 Å². The zero-order valence-electron chi connectivity index (χ0n) is 15.0. The van der Waals surface area contributed by atoms with Gasteiger partial charge in [-0.05, 0) is 37.2 Å². The topological polar surface area (TPSA) is 86.2 Å². The second-order valence-electron chi connectivity index (χ2n) is 7.90. The maximum Gasteiger partial charge on any atom is 0.573 e. The van der Waals surface area contributed by atoms with Gasteiger partial charge in [0.1, 0.15) is 11.9 Å². The Bertz CT molecular complexity index is 861. The van der Waals surface area contributed by atoms with Crippen molar-refractivity contribution in [1.29, 1.82) is 0 Å². The van der Waals surface area contributed by atoms with Gasteiger partial charge in [0, 0.05) is 23.5 Å². The molecule has 3 N–H and O–H groups in total. The summed E-state index contributed by atoms with van der Waals surface area (Å²) in [5.41, 5.74) is 6.27. The first-order valence-corrected chi connectivity index (χ1v) is 8.87. The third-order valence-corrected chi connectivity index (χ3v) is 5.55. The molecule has 0 aliphatic heterocycles. The minimum Gasteiger partial charge on any atom is -0.402 e. The summed E-state index contributed by atoms with van der Waals surface area (Å²) >= 11 is 0. The van der Waals surface area contributed by atoms with Crippen LogP contribution in [-0.2, 0) is 5.54 Å². The number of nitrogens with two attached hydrogens (primary N) is 1. The van der Waals surface area contributed by atoms with Gasteiger partial charge >= 0.3 is 6.36 Å². The Morgan fingerprint density at radius 3 is 2.52 bits per heavy atom. The molecule has 2 heterocycles. The molecule has 0 saturated heterocycles. The first-order valence-electron chi connectivity index (χ1n) is 8.87. The van der Waals surface area contributed by atoms with Crippen LogP contribution in [0.25, 0.3) is 11.3 Å². The number of pyridine rings is 1. The molecule has 9 heteroatoms. The molecule has 2 bridgehead atoms. The molecule has 6 nitrogen and oxygen atoms in total. The second kappa shape index (κ2) is 5.85. The Balaban J connectivity index is 1.74. The van der Waals surface area contributed by atoms with E-state index in [0.717, 1.165) is 25.2 Å². The molecular weight excluding hydrogens is 361 g/mol. The molecule has 2 aromatic rings. The lowest BCUT2D eigenvalue weighted by Gasteiger charge is -2.62. The van der Waals surface area contributed by atoms with E-state index in [1.54, 1.807) is 6.20 Å². The van der Waals surface area contributed by atoms with Crippen molar-refractivity contribution in [1.82, 2.24) is 14.5 Å². The standard InChI is InChI=1S/C18H21F3N4O2/c1-9(2)14(26)16-24-12(8-25(16)17-4-10(5-17)6-17)11-3-13(15(22)23-7-11)27-18(19,20)21/h3,7-10,14,26H,4-6H2,1-2H3,(H2,22,23). The highest BCUT2D eigenvalue weighted by atomic mass is 19.4. The summed E-state index contributed by atoms with van der Waals surface area (Å²) < 4.78 is 43.7. The summed E-state index contributed by atoms with van der Waals surface area (Å²) in [6, 6.07) is 1.18. The van der Waals surface area contributed by atoms with Gasteiger partial charge in [-0.2, -0.15) is 0 Å². The molecule has 3 aliphatic carbocycles. The molecule has 27 heavy (non-hydrogen) atoms. The maximum atomic E-state index is 12.6. The summed E-state index contributed by atoms with van der Waals surface area (Å²) in [7, 11) is 0. The summed E-state index contributed by atoms with van der Waals surface area (Å²) in [5.74, 6) is 0.307. The number of rotatable bonds is 5.